The fourth-order valence-electron chi connectivity index (χ4n) is 4.70. The molecule has 0 N–H and O–H groups in total. The first-order valence-electron chi connectivity index (χ1n) is 11.2. The van der Waals surface area contributed by atoms with Crippen molar-refractivity contribution in [3.8, 4) is 0 Å². The summed E-state index contributed by atoms with van der Waals surface area (Å²) >= 11 is 0. The van der Waals surface area contributed by atoms with Gasteiger partial charge in [-0.2, -0.15) is 0 Å². The van der Waals surface area contributed by atoms with E-state index in [2.05, 4.69) is 6.58 Å². The Balaban J connectivity index is 1.45. The van der Waals surface area contributed by atoms with Gasteiger partial charge in [-0.3, -0.25) is 14.0 Å². The molecular formula is C27H24N2O5S. The predicted molar refractivity (Wildman–Crippen MR) is 132 cm³/mol. The van der Waals surface area contributed by atoms with Crippen molar-refractivity contribution in [1.29, 1.82) is 0 Å². The van der Waals surface area contributed by atoms with Crippen LogP contribution in [0, 0.1) is 0 Å². The molecule has 0 saturated carbocycles. The molecule has 2 heterocycles. The van der Waals surface area contributed by atoms with Crippen LogP contribution in [0.5, 0.6) is 0 Å². The van der Waals surface area contributed by atoms with Gasteiger partial charge in [0.15, 0.2) is 5.78 Å². The number of allylic oxidation sites excluding steroid dienone is 1. The molecule has 1 fully saturated rings. The number of amides is 1. The van der Waals surface area contributed by atoms with Gasteiger partial charge < -0.3 is 4.74 Å². The molecule has 5 rings (SSSR count). The minimum absolute atomic E-state index is 0.0569. The summed E-state index contributed by atoms with van der Waals surface area (Å²) in [6, 6.07) is 19.8. The summed E-state index contributed by atoms with van der Waals surface area (Å²) < 4.78 is 33.9. The number of ketones is 1. The number of rotatable bonds is 6. The molecule has 3 aromatic carbocycles. The average molecular weight is 489 g/mol. The van der Waals surface area contributed by atoms with Gasteiger partial charge in [0.25, 0.3) is 10.0 Å². The molecule has 0 aromatic heterocycles. The summed E-state index contributed by atoms with van der Waals surface area (Å²) in [6.07, 6.45) is 2.77. The first-order chi connectivity index (χ1) is 16.9. The zero-order valence-corrected chi connectivity index (χ0v) is 19.7. The normalized spacial score (nSPS) is 19.5. The maximum absolute atomic E-state index is 13.7. The van der Waals surface area contributed by atoms with E-state index in [1.807, 2.05) is 54.6 Å². The third-order valence-electron chi connectivity index (χ3n) is 6.35. The molecule has 3 aromatic rings. The molecule has 0 spiro atoms. The molecule has 2 atom stereocenters. The van der Waals surface area contributed by atoms with Gasteiger partial charge in [-0.15, -0.1) is 6.58 Å². The number of hydrogen-bond donors (Lipinski definition) is 0. The molecule has 0 radical (unpaired) electrons. The van der Waals surface area contributed by atoms with Crippen LogP contribution in [0.3, 0.4) is 0 Å². The lowest BCUT2D eigenvalue weighted by molar-refractivity contribution is -0.119. The molecule has 178 valence electrons. The minimum Gasteiger partial charge on any atom is -0.445 e. The molecule has 2 aliphatic rings. The number of fused-ring (bicyclic) bond motifs is 2. The molecule has 0 aliphatic carbocycles. The molecule has 1 saturated heterocycles. The number of carbonyl (C=O) groups is 2. The Morgan fingerprint density at radius 3 is 2.46 bits per heavy atom. The van der Waals surface area contributed by atoms with Gasteiger partial charge in [-0.1, -0.05) is 66.7 Å². The van der Waals surface area contributed by atoms with Gasteiger partial charge in [0.2, 0.25) is 0 Å². The minimum atomic E-state index is -4.05. The van der Waals surface area contributed by atoms with Crippen LogP contribution in [0.15, 0.2) is 102 Å². The number of benzene rings is 3. The van der Waals surface area contributed by atoms with E-state index >= 15 is 0 Å². The highest BCUT2D eigenvalue weighted by Gasteiger charge is 2.54. The van der Waals surface area contributed by atoms with Gasteiger partial charge in [-0.05, 0) is 40.5 Å². The summed E-state index contributed by atoms with van der Waals surface area (Å²) in [7, 11) is -4.05. The third-order valence-corrected chi connectivity index (χ3v) is 8.09. The fourth-order valence-corrected chi connectivity index (χ4v) is 6.26. The van der Waals surface area contributed by atoms with Crippen molar-refractivity contribution in [1.82, 2.24) is 9.21 Å². The number of Topliss-reactive ketones (excluding diaryl/α,β-unsaturated/α-hetero) is 1. The van der Waals surface area contributed by atoms with Crippen molar-refractivity contribution in [2.75, 3.05) is 6.54 Å². The highest BCUT2D eigenvalue weighted by atomic mass is 32.2. The van der Waals surface area contributed by atoms with Gasteiger partial charge in [-0.25, -0.2) is 13.2 Å². The SMILES string of the molecule is C=CCC1=CN(S(=O)(=O)c2ccc3ccccc3c2)[C@@H]2C(=O)CN(C(=O)OCc3ccccc3)[C@H]12. The highest BCUT2D eigenvalue weighted by Crippen LogP contribution is 2.38. The van der Waals surface area contributed by atoms with E-state index in [4.69, 9.17) is 4.74 Å². The number of ether oxygens (including phenoxy) is 1. The first-order valence-corrected chi connectivity index (χ1v) is 12.7. The Bertz CT molecular complexity index is 1450. The Morgan fingerprint density at radius 2 is 1.71 bits per heavy atom. The second kappa shape index (κ2) is 9.03. The Hall–Kier alpha value is -3.91. The van der Waals surface area contributed by atoms with Crippen LogP contribution in [0.25, 0.3) is 10.8 Å². The summed E-state index contributed by atoms with van der Waals surface area (Å²) in [5.41, 5.74) is 1.44. The van der Waals surface area contributed by atoms with Crippen LogP contribution in [-0.2, 0) is 26.2 Å². The Labute approximate surface area is 204 Å². The van der Waals surface area contributed by atoms with E-state index in [-0.39, 0.29) is 23.8 Å². The largest absolute Gasteiger partial charge is 0.445 e. The van der Waals surface area contributed by atoms with E-state index in [0.717, 1.165) is 20.6 Å². The lowest BCUT2D eigenvalue weighted by atomic mass is 10.0. The predicted octanol–water partition coefficient (Wildman–Crippen LogP) is 4.26. The van der Waals surface area contributed by atoms with Crippen LogP contribution in [0.4, 0.5) is 4.79 Å². The summed E-state index contributed by atoms with van der Waals surface area (Å²) in [6.45, 7) is 3.59. The van der Waals surface area contributed by atoms with E-state index in [0.29, 0.717) is 12.0 Å². The van der Waals surface area contributed by atoms with Crippen molar-refractivity contribution in [2.45, 2.75) is 30.0 Å². The second-order valence-corrected chi connectivity index (χ2v) is 10.4. The number of carbonyl (C=O) groups excluding carboxylic acids is 2. The molecule has 7 nitrogen and oxygen atoms in total. The second-order valence-electron chi connectivity index (χ2n) is 8.56. The molecule has 0 bridgehead atoms. The highest BCUT2D eigenvalue weighted by molar-refractivity contribution is 7.89. The summed E-state index contributed by atoms with van der Waals surface area (Å²) in [5, 5.41) is 1.70. The van der Waals surface area contributed by atoms with Crippen LogP contribution in [0.2, 0.25) is 0 Å². The smallest absolute Gasteiger partial charge is 0.411 e. The van der Waals surface area contributed by atoms with Crippen LogP contribution in [0.1, 0.15) is 12.0 Å². The number of likely N-dealkylation sites (tertiary alicyclic amines) is 1. The van der Waals surface area contributed by atoms with E-state index in [1.165, 1.54) is 17.2 Å². The lowest BCUT2D eigenvalue weighted by Gasteiger charge is -2.26. The van der Waals surface area contributed by atoms with Crippen molar-refractivity contribution < 1.29 is 22.7 Å². The quantitative estimate of drug-likeness (QED) is 0.484. The van der Waals surface area contributed by atoms with Crippen molar-refractivity contribution >= 4 is 32.7 Å². The zero-order valence-electron chi connectivity index (χ0n) is 18.9. The Kier molecular flexibility index (Phi) is 5.90. The number of hydrogen-bond acceptors (Lipinski definition) is 5. The zero-order chi connectivity index (χ0) is 24.6. The number of nitrogens with zero attached hydrogens (tertiary/aromatic N) is 2. The lowest BCUT2D eigenvalue weighted by Crippen LogP contribution is -2.44. The number of sulfonamides is 1. The van der Waals surface area contributed by atoms with Crippen molar-refractivity contribution in [3.05, 3.63) is 103 Å². The van der Waals surface area contributed by atoms with Crippen LogP contribution >= 0.6 is 0 Å². The van der Waals surface area contributed by atoms with E-state index in [1.54, 1.807) is 18.2 Å². The van der Waals surface area contributed by atoms with E-state index in [9.17, 15) is 18.0 Å². The molecule has 35 heavy (non-hydrogen) atoms. The van der Waals surface area contributed by atoms with Gasteiger partial charge in [0.05, 0.1) is 17.5 Å². The average Bonchev–Trinajstić information content (AvgIpc) is 3.42. The standard InChI is InChI=1S/C27H24N2O5S/c1-2-8-22-16-29(35(32,33)23-14-13-20-11-6-7-12-21(20)15-23)26-24(30)17-28(25(22)26)27(31)34-18-19-9-4-3-5-10-19/h2-7,9-16,25-26H,1,8,17-18H2/t25-,26-/m1/s1. The molecule has 8 heteroatoms. The first kappa shape index (κ1) is 22.9. The maximum Gasteiger partial charge on any atom is 0.411 e. The van der Waals surface area contributed by atoms with Crippen molar-refractivity contribution in [2.24, 2.45) is 0 Å². The van der Waals surface area contributed by atoms with E-state index < -0.39 is 28.2 Å². The van der Waals surface area contributed by atoms with Crippen LogP contribution < -0.4 is 0 Å². The Morgan fingerprint density at radius 1 is 1.00 bits per heavy atom. The van der Waals surface area contributed by atoms with Gasteiger partial charge in [0.1, 0.15) is 12.6 Å². The van der Waals surface area contributed by atoms with Gasteiger partial charge >= 0.3 is 6.09 Å². The summed E-state index contributed by atoms with van der Waals surface area (Å²) in [5.74, 6) is -0.355. The monoisotopic (exact) mass is 488 g/mol. The topological polar surface area (TPSA) is 84.0 Å². The molecule has 1 amide bonds. The summed E-state index contributed by atoms with van der Waals surface area (Å²) in [4.78, 5) is 27.4. The van der Waals surface area contributed by atoms with Crippen molar-refractivity contribution in [3.63, 3.8) is 0 Å². The van der Waals surface area contributed by atoms with Gasteiger partial charge in [0, 0.05) is 6.20 Å². The molecular weight excluding hydrogens is 464 g/mol. The third kappa shape index (κ3) is 4.10. The molecule has 2 aliphatic heterocycles. The molecule has 0 unspecified atom stereocenters. The maximum atomic E-state index is 13.7. The fraction of sp³-hybridized carbons (Fsp3) is 0.185. The van der Waals surface area contributed by atoms with Crippen LogP contribution in [-0.4, -0.2) is 48.1 Å².